The number of likely N-dealkylation sites (N-methyl/N-ethyl adjacent to an activating group) is 3. The molecule has 0 radical (unpaired) electrons. The van der Waals surface area contributed by atoms with E-state index in [1.54, 1.807) is 6.20 Å². The lowest BCUT2D eigenvalue weighted by Gasteiger charge is -2.33. The van der Waals surface area contributed by atoms with Gasteiger partial charge in [-0.2, -0.15) is 0 Å². The van der Waals surface area contributed by atoms with Gasteiger partial charge in [-0.1, -0.05) is 54.6 Å². The SMILES string of the molecule is Cc1nc(CN(CCCC(=O)O)c2cccc3cccnc23)cc(N2CCN(C)CC2)n1.Cc1nc(CN(CCCC(=O)OC(C)(C)C)c2cccc3cccnc23)cc(N2CCN(C)CC2)n1.Cc1nc(CN(CCCC(N)=O)c2cccc3cccnc23)cc(N2CCN(C)CC2)n1. The molecule has 3 fully saturated rings. The van der Waals surface area contributed by atoms with Crippen molar-refractivity contribution in [3.05, 3.63) is 162 Å². The van der Waals surface area contributed by atoms with Crippen LogP contribution in [0.25, 0.3) is 32.7 Å². The summed E-state index contributed by atoms with van der Waals surface area (Å²) >= 11 is 0. The second-order valence-electron chi connectivity index (χ2n) is 27.2. The second-order valence-corrected chi connectivity index (χ2v) is 27.2. The number of aryl methyl sites for hydroxylation is 3. The van der Waals surface area contributed by atoms with E-state index in [9.17, 15) is 14.4 Å². The van der Waals surface area contributed by atoms with Crippen molar-refractivity contribution >= 4 is 85.1 Å². The summed E-state index contributed by atoms with van der Waals surface area (Å²) in [6, 6.07) is 36.8. The number of rotatable bonds is 24. The van der Waals surface area contributed by atoms with Crippen LogP contribution in [0.4, 0.5) is 34.5 Å². The molecule has 3 aliphatic rings. The third-order valence-corrected chi connectivity index (χ3v) is 17.9. The van der Waals surface area contributed by atoms with Gasteiger partial charge in [-0.15, -0.1) is 0 Å². The number of benzene rings is 3. The molecule has 0 spiro atoms. The number of hydrogen-bond donors (Lipinski definition) is 2. The minimum absolute atomic E-state index is 0.129. The Morgan fingerprint density at radius 2 is 0.760 bits per heavy atom. The molecule has 0 aliphatic carbocycles. The Morgan fingerprint density at radius 3 is 1.07 bits per heavy atom. The molecule has 100 heavy (non-hydrogen) atoms. The molecule has 3 aliphatic heterocycles. The number of carboxylic acids is 1. The molecule has 9 heterocycles. The lowest BCUT2D eigenvalue weighted by atomic mass is 10.1. The van der Waals surface area contributed by atoms with Crippen molar-refractivity contribution in [3.8, 4) is 0 Å². The number of carboxylic acid groups (broad SMARTS) is 1. The Kier molecular flexibility index (Phi) is 25.4. The Balaban J connectivity index is 0.000000162. The number of aromatic nitrogens is 9. The summed E-state index contributed by atoms with van der Waals surface area (Å²) in [6.07, 6.45) is 8.17. The predicted octanol–water partition coefficient (Wildman–Crippen LogP) is 9.53. The van der Waals surface area contributed by atoms with Crippen LogP contribution in [-0.4, -0.2) is 207 Å². The number of fused-ring (bicyclic) bond motifs is 3. The molecule has 24 nitrogen and oxygen atoms in total. The number of hydrogen-bond acceptors (Lipinski definition) is 22. The number of pyridine rings is 3. The number of carbonyl (C=O) groups excluding carboxylic acids is 2. The standard InChI is InChI=1S/C28H38N6O2.C24H31N7O.C24H30N6O2/c1-21-30-23(19-25(31-21)33-17-15-32(5)16-18-33)20-34(14-8-12-26(35)36-28(2,3)4)24-11-6-9-22-10-7-13-29-27(22)24;1-18-27-20(16-23(28-18)30-14-12-29(2)13-15-30)17-31(11-5-9-22(25)32)21-8-3-6-19-7-4-10-26-24(19)21;1-18-26-20(16-22(27-18)29-14-12-28(2)13-15-29)17-30(11-5-9-23(31)32)21-8-3-6-19-7-4-10-25-24(19)21/h6-7,9-11,13,19H,8,12,14-18,20H2,1-5H3;3-4,6-8,10,16H,5,9,11-15,17H2,1-2H3,(H2,25,32);3-4,6-8,10,16H,5,9,11-15,17H2,1-2H3,(H,31,32). The van der Waals surface area contributed by atoms with Crippen LogP contribution in [0.2, 0.25) is 0 Å². The number of carbonyl (C=O) groups is 3. The zero-order valence-corrected chi connectivity index (χ0v) is 59.8. The van der Waals surface area contributed by atoms with E-state index in [4.69, 9.17) is 40.5 Å². The number of nitrogens with two attached hydrogens (primary N) is 1. The van der Waals surface area contributed by atoms with E-state index in [0.717, 1.165) is 180 Å². The molecule has 3 saturated heterocycles. The number of anilines is 6. The summed E-state index contributed by atoms with van der Waals surface area (Å²) < 4.78 is 5.52. The molecule has 1 amide bonds. The molecule has 0 unspecified atom stereocenters. The first kappa shape index (κ1) is 73.0. The van der Waals surface area contributed by atoms with Crippen molar-refractivity contribution in [2.45, 2.75) is 105 Å². The first-order chi connectivity index (χ1) is 48.2. The minimum Gasteiger partial charge on any atom is -0.481 e. The Bertz CT molecular complexity index is 4000. The number of esters is 1. The fourth-order valence-corrected chi connectivity index (χ4v) is 12.8. The maximum atomic E-state index is 12.4. The van der Waals surface area contributed by atoms with E-state index in [-0.39, 0.29) is 18.3 Å². The molecule has 6 aromatic heterocycles. The van der Waals surface area contributed by atoms with Gasteiger partial charge in [0.15, 0.2) is 0 Å². The quantitative estimate of drug-likeness (QED) is 0.0534. The highest BCUT2D eigenvalue weighted by Crippen LogP contribution is 2.31. The van der Waals surface area contributed by atoms with Crippen molar-refractivity contribution < 1.29 is 24.2 Å². The van der Waals surface area contributed by atoms with Gasteiger partial charge < -0.3 is 59.7 Å². The highest BCUT2D eigenvalue weighted by molar-refractivity contribution is 5.92. The monoisotopic (exact) mass is 1360 g/mol. The van der Waals surface area contributed by atoms with Gasteiger partial charge in [-0.25, -0.2) is 29.9 Å². The molecule has 3 aromatic carbocycles. The Hall–Kier alpha value is -9.78. The summed E-state index contributed by atoms with van der Waals surface area (Å²) in [5.74, 6) is 3.97. The number of ether oxygens (including phenoxy) is 1. The van der Waals surface area contributed by atoms with E-state index >= 15 is 0 Å². The summed E-state index contributed by atoms with van der Waals surface area (Å²) in [6.45, 7) is 27.1. The van der Waals surface area contributed by atoms with Crippen molar-refractivity contribution in [1.29, 1.82) is 0 Å². The van der Waals surface area contributed by atoms with Crippen LogP contribution in [0.5, 0.6) is 0 Å². The van der Waals surface area contributed by atoms with Gasteiger partial charge in [0.2, 0.25) is 5.91 Å². The fraction of sp³-hybridized carbons (Fsp3) is 0.447. The zero-order valence-electron chi connectivity index (χ0n) is 59.8. The first-order valence-corrected chi connectivity index (χ1v) is 35.0. The van der Waals surface area contributed by atoms with Crippen LogP contribution in [-0.2, 0) is 38.8 Å². The van der Waals surface area contributed by atoms with Gasteiger partial charge in [-0.05, 0) is 118 Å². The minimum atomic E-state index is -0.781. The van der Waals surface area contributed by atoms with E-state index in [1.165, 1.54) is 0 Å². The molecule has 3 N–H and O–H groups in total. The average molecular weight is 1360 g/mol. The molecular weight excluding hydrogens is 1260 g/mol. The summed E-state index contributed by atoms with van der Waals surface area (Å²) in [4.78, 5) is 97.7. The third-order valence-electron chi connectivity index (χ3n) is 17.9. The van der Waals surface area contributed by atoms with E-state index in [1.807, 2.05) is 102 Å². The number of primary amides is 1. The first-order valence-electron chi connectivity index (χ1n) is 35.0. The topological polar surface area (TPSA) is 252 Å². The van der Waals surface area contributed by atoms with Gasteiger partial charge >= 0.3 is 11.9 Å². The normalized spacial score (nSPS) is 14.7. The van der Waals surface area contributed by atoms with Crippen LogP contribution in [0.15, 0.2) is 128 Å². The number of amides is 1. The number of para-hydroxylation sites is 3. The smallest absolute Gasteiger partial charge is 0.306 e. The number of aliphatic carboxylic acids is 1. The summed E-state index contributed by atoms with van der Waals surface area (Å²) in [5, 5.41) is 12.4. The maximum Gasteiger partial charge on any atom is 0.306 e. The molecule has 9 aromatic rings. The van der Waals surface area contributed by atoms with Gasteiger partial charge in [-0.3, -0.25) is 29.3 Å². The highest BCUT2D eigenvalue weighted by atomic mass is 16.6. The maximum absolute atomic E-state index is 12.4. The van der Waals surface area contributed by atoms with E-state index in [2.05, 4.69) is 146 Å². The van der Waals surface area contributed by atoms with Gasteiger partial charge in [0.25, 0.3) is 0 Å². The van der Waals surface area contributed by atoms with Crippen LogP contribution in [0.1, 0.15) is 93.9 Å². The molecular formula is C76H99N19O5. The molecule has 24 heteroatoms. The molecule has 12 rings (SSSR count). The van der Waals surface area contributed by atoms with E-state index < -0.39 is 11.6 Å². The van der Waals surface area contributed by atoms with Crippen molar-refractivity contribution in [2.75, 3.05) is 149 Å². The van der Waals surface area contributed by atoms with Gasteiger partial charge in [0, 0.05) is 170 Å². The van der Waals surface area contributed by atoms with Crippen LogP contribution in [0.3, 0.4) is 0 Å². The fourth-order valence-electron chi connectivity index (χ4n) is 12.8. The second kappa shape index (κ2) is 34.8. The largest absolute Gasteiger partial charge is 0.481 e. The van der Waals surface area contributed by atoms with E-state index in [0.29, 0.717) is 71.4 Å². The highest BCUT2D eigenvalue weighted by Gasteiger charge is 2.24. The van der Waals surface area contributed by atoms with Crippen LogP contribution >= 0.6 is 0 Å². The van der Waals surface area contributed by atoms with Crippen LogP contribution in [0, 0.1) is 20.8 Å². The number of nitrogens with zero attached hydrogens (tertiary/aromatic N) is 18. The molecule has 0 atom stereocenters. The number of piperazine rings is 3. The van der Waals surface area contributed by atoms with Crippen molar-refractivity contribution in [1.82, 2.24) is 59.6 Å². The predicted molar refractivity (Wildman–Crippen MR) is 398 cm³/mol. The summed E-state index contributed by atoms with van der Waals surface area (Å²) in [7, 11) is 6.44. The molecule has 0 saturated carbocycles. The van der Waals surface area contributed by atoms with Crippen LogP contribution < -0.4 is 35.1 Å². The third kappa shape index (κ3) is 21.1. The molecule has 528 valence electrons. The van der Waals surface area contributed by atoms with Crippen molar-refractivity contribution in [3.63, 3.8) is 0 Å². The van der Waals surface area contributed by atoms with Gasteiger partial charge in [0.05, 0.1) is 70.3 Å². The molecule has 0 bridgehead atoms. The lowest BCUT2D eigenvalue weighted by Crippen LogP contribution is -2.45. The zero-order chi connectivity index (χ0) is 70.7. The van der Waals surface area contributed by atoms with Crippen molar-refractivity contribution in [2.24, 2.45) is 5.73 Å². The average Bonchev–Trinajstić information content (AvgIpc) is 0.817. The lowest BCUT2D eigenvalue weighted by molar-refractivity contribution is -0.154. The van der Waals surface area contributed by atoms with Gasteiger partial charge in [0.1, 0.15) is 40.5 Å². The summed E-state index contributed by atoms with van der Waals surface area (Å²) in [5.41, 5.74) is 13.6. The Labute approximate surface area is 588 Å². The Morgan fingerprint density at radius 1 is 0.450 bits per heavy atom.